The highest BCUT2D eigenvalue weighted by molar-refractivity contribution is 6.42. The van der Waals surface area contributed by atoms with Crippen LogP contribution in [0, 0.1) is 5.92 Å². The van der Waals surface area contributed by atoms with E-state index in [1.165, 1.54) is 32.1 Å². The average molecular weight is 383 g/mol. The van der Waals surface area contributed by atoms with Crippen molar-refractivity contribution in [2.45, 2.75) is 38.6 Å². The molecule has 2 N–H and O–H groups in total. The molecule has 0 radical (unpaired) electrons. The van der Waals surface area contributed by atoms with Crippen molar-refractivity contribution in [2.24, 2.45) is 5.92 Å². The molecule has 3 rings (SSSR count). The molecule has 0 aliphatic heterocycles. The first-order valence-electron chi connectivity index (χ1n) is 8.91. The maximum absolute atomic E-state index is 12.1. The first-order valence-corrected chi connectivity index (χ1v) is 9.66. The van der Waals surface area contributed by atoms with Crippen molar-refractivity contribution in [3.8, 4) is 0 Å². The van der Waals surface area contributed by atoms with Crippen LogP contribution in [0.25, 0.3) is 11.0 Å². The number of carbonyl (C=O) groups excluding carboxylic acids is 1. The fourth-order valence-electron chi connectivity index (χ4n) is 3.38. The molecule has 136 valence electrons. The maximum Gasteiger partial charge on any atom is 0.240 e. The molecule has 1 aliphatic rings. The van der Waals surface area contributed by atoms with E-state index in [-0.39, 0.29) is 12.5 Å². The molecule has 0 bridgehead atoms. The summed E-state index contributed by atoms with van der Waals surface area (Å²) >= 11 is 12.0. The van der Waals surface area contributed by atoms with E-state index >= 15 is 0 Å². The fraction of sp³-hybridized carbons (Fsp3) is 0.556. The zero-order valence-electron chi connectivity index (χ0n) is 14.2. The lowest BCUT2D eigenvalue weighted by atomic mass is 9.89. The van der Waals surface area contributed by atoms with Crippen molar-refractivity contribution < 1.29 is 4.79 Å². The number of nitrogens with one attached hydrogen (secondary N) is 2. The third-order valence-electron chi connectivity index (χ3n) is 4.76. The Morgan fingerprint density at radius 3 is 2.72 bits per heavy atom. The van der Waals surface area contributed by atoms with Crippen LogP contribution in [0.15, 0.2) is 18.5 Å². The van der Waals surface area contributed by atoms with Gasteiger partial charge in [0.2, 0.25) is 5.91 Å². The summed E-state index contributed by atoms with van der Waals surface area (Å²) in [7, 11) is 0. The number of hydrogen-bond donors (Lipinski definition) is 2. The number of imidazole rings is 1. The maximum atomic E-state index is 12.1. The van der Waals surface area contributed by atoms with E-state index in [2.05, 4.69) is 15.6 Å². The first-order chi connectivity index (χ1) is 12.1. The summed E-state index contributed by atoms with van der Waals surface area (Å²) < 4.78 is 1.78. The van der Waals surface area contributed by atoms with E-state index < -0.39 is 0 Å². The van der Waals surface area contributed by atoms with Crippen LogP contribution in [0.3, 0.4) is 0 Å². The molecule has 0 unspecified atom stereocenters. The van der Waals surface area contributed by atoms with Crippen LogP contribution in [0.4, 0.5) is 0 Å². The number of nitrogens with zero attached hydrogens (tertiary/aromatic N) is 2. The van der Waals surface area contributed by atoms with Gasteiger partial charge in [0.05, 0.1) is 27.4 Å². The highest BCUT2D eigenvalue weighted by atomic mass is 35.5. The molecule has 1 heterocycles. The van der Waals surface area contributed by atoms with Gasteiger partial charge in [0.15, 0.2) is 0 Å². The number of benzene rings is 1. The standard InChI is InChI=1S/C18H24Cl2N4O/c19-14-8-16-17(9-15(14)20)24(12-23-16)11-18(25)22-7-6-21-10-13-4-2-1-3-5-13/h8-9,12-13,21H,1-7,10-11H2,(H,22,25). The first kappa shape index (κ1) is 18.5. The van der Waals surface area contributed by atoms with Crippen LogP contribution in [-0.2, 0) is 11.3 Å². The summed E-state index contributed by atoms with van der Waals surface area (Å²) in [5.74, 6) is 0.767. The molecule has 1 aromatic heterocycles. The van der Waals surface area contributed by atoms with Gasteiger partial charge >= 0.3 is 0 Å². The summed E-state index contributed by atoms with van der Waals surface area (Å²) in [6.07, 6.45) is 8.40. The Bertz CT molecular complexity index is 725. The molecule has 1 amide bonds. The quantitative estimate of drug-likeness (QED) is 0.718. The molecular formula is C18H24Cl2N4O. The molecule has 1 fully saturated rings. The minimum Gasteiger partial charge on any atom is -0.353 e. The smallest absolute Gasteiger partial charge is 0.240 e. The second-order valence-electron chi connectivity index (χ2n) is 6.69. The SMILES string of the molecule is O=C(Cn1cnc2cc(Cl)c(Cl)cc21)NCCNCC1CCCCC1. The lowest BCUT2D eigenvalue weighted by Crippen LogP contribution is -2.35. The van der Waals surface area contributed by atoms with Gasteiger partial charge in [-0.3, -0.25) is 4.79 Å². The Hall–Kier alpha value is -1.30. The molecule has 2 aromatic rings. The van der Waals surface area contributed by atoms with Crippen LogP contribution in [-0.4, -0.2) is 35.1 Å². The van der Waals surface area contributed by atoms with Crippen molar-refractivity contribution in [3.05, 3.63) is 28.5 Å². The van der Waals surface area contributed by atoms with Crippen molar-refractivity contribution in [2.75, 3.05) is 19.6 Å². The third-order valence-corrected chi connectivity index (χ3v) is 5.48. The second kappa shape index (κ2) is 8.88. The van der Waals surface area contributed by atoms with Crippen molar-refractivity contribution >= 4 is 40.1 Å². The molecule has 5 nitrogen and oxygen atoms in total. The van der Waals surface area contributed by atoms with E-state index in [1.807, 2.05) is 0 Å². The monoisotopic (exact) mass is 382 g/mol. The van der Waals surface area contributed by atoms with Crippen LogP contribution < -0.4 is 10.6 Å². The minimum atomic E-state index is -0.0372. The third kappa shape index (κ3) is 5.09. The highest BCUT2D eigenvalue weighted by Crippen LogP contribution is 2.27. The van der Waals surface area contributed by atoms with Gasteiger partial charge in [-0.05, 0) is 37.4 Å². The van der Waals surface area contributed by atoms with Crippen molar-refractivity contribution in [1.82, 2.24) is 20.2 Å². The summed E-state index contributed by atoms with van der Waals surface area (Å²) in [5.41, 5.74) is 1.54. The van der Waals surface area contributed by atoms with E-state index in [0.29, 0.717) is 16.6 Å². The Balaban J connectivity index is 1.41. The summed E-state index contributed by atoms with van der Waals surface area (Å²) in [6.45, 7) is 2.71. The molecule has 1 aliphatic carbocycles. The van der Waals surface area contributed by atoms with E-state index in [9.17, 15) is 4.79 Å². The largest absolute Gasteiger partial charge is 0.353 e. The number of fused-ring (bicyclic) bond motifs is 1. The van der Waals surface area contributed by atoms with Gasteiger partial charge in [0.1, 0.15) is 6.54 Å². The summed E-state index contributed by atoms with van der Waals surface area (Å²) in [6, 6.07) is 3.45. The molecular weight excluding hydrogens is 359 g/mol. The normalized spacial score (nSPS) is 15.6. The number of rotatable bonds is 7. The lowest BCUT2D eigenvalue weighted by molar-refractivity contribution is -0.121. The predicted molar refractivity (Wildman–Crippen MR) is 102 cm³/mol. The van der Waals surface area contributed by atoms with Gasteiger partial charge in [-0.25, -0.2) is 4.98 Å². The second-order valence-corrected chi connectivity index (χ2v) is 7.50. The predicted octanol–water partition coefficient (Wildman–Crippen LogP) is 3.63. The van der Waals surface area contributed by atoms with Gasteiger partial charge in [0.25, 0.3) is 0 Å². The zero-order valence-corrected chi connectivity index (χ0v) is 15.7. The zero-order chi connectivity index (χ0) is 17.6. The minimum absolute atomic E-state index is 0.0372. The van der Waals surface area contributed by atoms with Gasteiger partial charge in [-0.1, -0.05) is 42.5 Å². The summed E-state index contributed by atoms with van der Waals surface area (Å²) in [5, 5.41) is 7.31. The van der Waals surface area contributed by atoms with Crippen LogP contribution in [0.1, 0.15) is 32.1 Å². The number of carbonyl (C=O) groups is 1. The van der Waals surface area contributed by atoms with E-state index in [4.69, 9.17) is 23.2 Å². The number of hydrogen-bond acceptors (Lipinski definition) is 3. The van der Waals surface area contributed by atoms with Crippen LogP contribution in [0.5, 0.6) is 0 Å². The highest BCUT2D eigenvalue weighted by Gasteiger charge is 2.13. The van der Waals surface area contributed by atoms with Crippen molar-refractivity contribution in [1.29, 1.82) is 0 Å². The Labute approximate surface area is 158 Å². The molecule has 0 saturated heterocycles. The molecule has 0 atom stereocenters. The van der Waals surface area contributed by atoms with Crippen molar-refractivity contribution in [3.63, 3.8) is 0 Å². The summed E-state index contributed by atoms with van der Waals surface area (Å²) in [4.78, 5) is 16.4. The molecule has 1 aromatic carbocycles. The van der Waals surface area contributed by atoms with E-state index in [0.717, 1.165) is 30.0 Å². The number of amides is 1. The Kier molecular flexibility index (Phi) is 6.57. The molecule has 7 heteroatoms. The average Bonchev–Trinajstić information content (AvgIpc) is 2.97. The Morgan fingerprint density at radius 2 is 1.92 bits per heavy atom. The lowest BCUT2D eigenvalue weighted by Gasteiger charge is -2.21. The van der Waals surface area contributed by atoms with Gasteiger partial charge in [-0.15, -0.1) is 0 Å². The fourth-order valence-corrected chi connectivity index (χ4v) is 3.69. The Morgan fingerprint density at radius 1 is 1.16 bits per heavy atom. The number of halogens is 2. The molecule has 1 saturated carbocycles. The molecule has 25 heavy (non-hydrogen) atoms. The van der Waals surface area contributed by atoms with Crippen LogP contribution in [0.2, 0.25) is 10.0 Å². The van der Waals surface area contributed by atoms with E-state index in [1.54, 1.807) is 23.0 Å². The number of aromatic nitrogens is 2. The van der Waals surface area contributed by atoms with Gasteiger partial charge in [-0.2, -0.15) is 0 Å². The van der Waals surface area contributed by atoms with Gasteiger partial charge < -0.3 is 15.2 Å². The van der Waals surface area contributed by atoms with Crippen LogP contribution >= 0.6 is 23.2 Å². The molecule has 0 spiro atoms. The topological polar surface area (TPSA) is 59.0 Å². The van der Waals surface area contributed by atoms with Gasteiger partial charge in [0, 0.05) is 13.1 Å².